The maximum atomic E-state index is 12.5. The van der Waals surface area contributed by atoms with Gasteiger partial charge >= 0.3 is 0 Å². The first-order valence-electron chi connectivity index (χ1n) is 21.0. The van der Waals surface area contributed by atoms with Gasteiger partial charge in [-0.15, -0.1) is 0 Å². The molecule has 1 fully saturated rings. The minimum absolute atomic E-state index is 0. The highest BCUT2D eigenvalue weighted by molar-refractivity contribution is 7.90. The van der Waals surface area contributed by atoms with Gasteiger partial charge in [0, 0.05) is 34.3 Å². The van der Waals surface area contributed by atoms with E-state index < -0.39 is 10.0 Å². The van der Waals surface area contributed by atoms with Crippen molar-refractivity contribution in [2.24, 2.45) is 5.73 Å². The molecule has 6 aromatic rings. The Labute approximate surface area is 368 Å². The van der Waals surface area contributed by atoms with E-state index in [-0.39, 0.29) is 37.0 Å². The number of nitrogens with one attached hydrogen (secondary N) is 1. The van der Waals surface area contributed by atoms with Crippen LogP contribution in [0.25, 0.3) is 55.4 Å². The highest BCUT2D eigenvalue weighted by atomic mass is 32.2. The summed E-state index contributed by atoms with van der Waals surface area (Å²) in [4.78, 5) is 16.3. The Bertz CT molecular complexity index is 2800. The van der Waals surface area contributed by atoms with Gasteiger partial charge in [0.1, 0.15) is 11.5 Å². The van der Waals surface area contributed by atoms with Crippen molar-refractivity contribution in [2.75, 3.05) is 0 Å². The second kappa shape index (κ2) is 18.9. The average molecular weight is 869 g/mol. The number of ether oxygens (including phenoxy) is 2. The van der Waals surface area contributed by atoms with E-state index in [1.165, 1.54) is 11.1 Å². The van der Waals surface area contributed by atoms with Crippen LogP contribution in [0.4, 0.5) is 11.4 Å². The van der Waals surface area contributed by atoms with E-state index in [0.717, 1.165) is 73.6 Å². The topological polar surface area (TPSA) is 177 Å². The molecule has 0 aliphatic heterocycles. The standard InChI is InChI=1S/C25H26N4O4S.C22H22N4O2.CH4/c1-15(2)32-23-13-10-16(14-22(23)26-3)25-27-24(28-33-25)20-8-4-7-19-18(20)6-5-9-21(19)29-34(30,31)17-11-12-17;1-13(2)27-20-11-10-14(12-19(20)24-3)22-25-21(26-28-22)17-8-4-7-16-15(17)6-5-9-18(16)23;/h4,7-8,10,13-15,17,21,29H,5-6,9,11-12H2,1-2H3;4,7-8,10-13,18H,5-6,9,23H2,1-2H3;1H4/t21-;18-;/m00./s1. The third kappa shape index (κ3) is 9.81. The summed E-state index contributed by atoms with van der Waals surface area (Å²) in [6.07, 6.45) is 6.91. The van der Waals surface area contributed by atoms with E-state index >= 15 is 0 Å². The number of hydrogen-bond acceptors (Lipinski definition) is 11. The van der Waals surface area contributed by atoms with E-state index in [0.29, 0.717) is 57.4 Å². The normalized spacial score (nSPS) is 16.7. The van der Waals surface area contributed by atoms with E-state index in [4.69, 9.17) is 37.4 Å². The number of hydrogen-bond donors (Lipinski definition) is 2. The molecule has 3 N–H and O–H groups in total. The Kier molecular flexibility index (Phi) is 13.4. The molecule has 2 atom stereocenters. The van der Waals surface area contributed by atoms with Crippen molar-refractivity contribution in [3.8, 4) is 57.2 Å². The minimum atomic E-state index is -3.29. The highest BCUT2D eigenvalue weighted by Gasteiger charge is 2.38. The molecule has 15 heteroatoms. The lowest BCUT2D eigenvalue weighted by Gasteiger charge is -2.27. The maximum Gasteiger partial charge on any atom is 0.256 e. The molecule has 9 rings (SSSR count). The van der Waals surface area contributed by atoms with E-state index in [2.05, 4.69) is 40.8 Å². The molecule has 3 aliphatic rings. The zero-order valence-electron chi connectivity index (χ0n) is 35.1. The van der Waals surface area contributed by atoms with Gasteiger partial charge in [-0.05, 0) is 138 Å². The van der Waals surface area contributed by atoms with Crippen molar-refractivity contribution in [1.29, 1.82) is 0 Å². The van der Waals surface area contributed by atoms with Gasteiger partial charge in [0.25, 0.3) is 11.8 Å². The second-order valence-electron chi connectivity index (χ2n) is 16.3. The molecule has 2 aromatic heterocycles. The summed E-state index contributed by atoms with van der Waals surface area (Å²) in [5.74, 6) is 2.77. The largest absolute Gasteiger partial charge is 0.502 e. The number of sulfonamides is 1. The first-order chi connectivity index (χ1) is 29.9. The molecule has 63 heavy (non-hydrogen) atoms. The smallest absolute Gasteiger partial charge is 0.256 e. The van der Waals surface area contributed by atoms with E-state index in [9.17, 15) is 8.42 Å². The second-order valence-corrected chi connectivity index (χ2v) is 18.3. The molecule has 0 unspecified atom stereocenters. The van der Waals surface area contributed by atoms with Crippen molar-refractivity contribution < 1.29 is 26.9 Å². The Morgan fingerprint density at radius 3 is 1.70 bits per heavy atom. The number of benzene rings is 4. The van der Waals surface area contributed by atoms with Gasteiger partial charge in [0.15, 0.2) is 0 Å². The van der Waals surface area contributed by atoms with Crippen LogP contribution in [0.3, 0.4) is 0 Å². The average Bonchev–Trinajstić information content (AvgIpc) is 3.83. The summed E-state index contributed by atoms with van der Waals surface area (Å²) in [5.41, 5.74) is 14.6. The Hall–Kier alpha value is -6.39. The number of aromatic nitrogens is 4. The minimum Gasteiger partial charge on any atom is -0.502 e. The highest BCUT2D eigenvalue weighted by Crippen LogP contribution is 2.40. The summed E-state index contributed by atoms with van der Waals surface area (Å²) in [5, 5.41) is 8.14. The molecule has 4 aromatic carbocycles. The fourth-order valence-corrected chi connectivity index (χ4v) is 9.62. The van der Waals surface area contributed by atoms with E-state index in [1.807, 2.05) is 64.1 Å². The van der Waals surface area contributed by atoms with Gasteiger partial charge in [0.05, 0.1) is 30.6 Å². The van der Waals surface area contributed by atoms with Crippen LogP contribution in [0, 0.1) is 13.1 Å². The number of rotatable bonds is 11. The lowest BCUT2D eigenvalue weighted by molar-refractivity contribution is 0.244. The first-order valence-corrected chi connectivity index (χ1v) is 22.5. The number of nitrogens with zero attached hydrogens (tertiary/aromatic N) is 6. The van der Waals surface area contributed by atoms with Crippen LogP contribution < -0.4 is 19.9 Å². The van der Waals surface area contributed by atoms with Crippen molar-refractivity contribution in [1.82, 2.24) is 25.0 Å². The fourth-order valence-electron chi connectivity index (χ4n) is 8.03. The van der Waals surface area contributed by atoms with Crippen LogP contribution in [0.1, 0.15) is 108 Å². The molecule has 2 heterocycles. The monoisotopic (exact) mass is 868 g/mol. The van der Waals surface area contributed by atoms with Crippen molar-refractivity contribution in [3.05, 3.63) is 118 Å². The van der Waals surface area contributed by atoms with Gasteiger partial charge in [-0.2, -0.15) is 9.97 Å². The van der Waals surface area contributed by atoms with Crippen LogP contribution in [0.15, 0.2) is 81.8 Å². The Morgan fingerprint density at radius 2 is 1.21 bits per heavy atom. The van der Waals surface area contributed by atoms with Gasteiger partial charge in [-0.3, -0.25) is 0 Å². The maximum absolute atomic E-state index is 12.5. The summed E-state index contributed by atoms with van der Waals surface area (Å²) in [6.45, 7) is 22.6. The molecule has 0 saturated heterocycles. The molecule has 0 spiro atoms. The molecule has 0 radical (unpaired) electrons. The van der Waals surface area contributed by atoms with Crippen LogP contribution in [-0.2, 0) is 22.9 Å². The zero-order chi connectivity index (χ0) is 43.5. The zero-order valence-corrected chi connectivity index (χ0v) is 35.9. The third-order valence-electron chi connectivity index (χ3n) is 11.0. The third-order valence-corrected chi connectivity index (χ3v) is 13.0. The van der Waals surface area contributed by atoms with Gasteiger partial charge < -0.3 is 24.3 Å². The summed E-state index contributed by atoms with van der Waals surface area (Å²) < 4.78 is 50.4. The Morgan fingerprint density at radius 1 is 0.714 bits per heavy atom. The van der Waals surface area contributed by atoms with Crippen molar-refractivity contribution in [3.63, 3.8) is 0 Å². The lowest BCUT2D eigenvalue weighted by Crippen LogP contribution is -2.33. The summed E-state index contributed by atoms with van der Waals surface area (Å²) >= 11 is 0. The first kappa shape index (κ1) is 44.7. The van der Waals surface area contributed by atoms with Crippen LogP contribution in [0.5, 0.6) is 11.5 Å². The van der Waals surface area contributed by atoms with Crippen LogP contribution in [0.2, 0.25) is 0 Å². The van der Waals surface area contributed by atoms with Crippen molar-refractivity contribution in [2.45, 2.75) is 116 Å². The lowest BCUT2D eigenvalue weighted by atomic mass is 9.85. The Balaban J connectivity index is 0.000000189. The SMILES string of the molecule is C.[C-]#[N+]c1cc(-c2nc(-c3cccc4c3CCC[C@@H]4N)no2)ccc1OC(C)C.[C-]#[N+]c1cc(-c2nc(-c3cccc4c3CCC[C@@H]4NS(=O)(=O)C3CC3)no2)ccc1OC(C)C. The molecule has 326 valence electrons. The number of fused-ring (bicyclic) bond motifs is 2. The summed E-state index contributed by atoms with van der Waals surface area (Å²) in [6, 6.07) is 22.3. The molecule has 3 aliphatic carbocycles. The predicted octanol–water partition coefficient (Wildman–Crippen LogP) is 10.9. The number of nitrogens with two attached hydrogens (primary N) is 1. The molecule has 0 amide bonds. The van der Waals surface area contributed by atoms with Crippen molar-refractivity contribution >= 4 is 21.4 Å². The van der Waals surface area contributed by atoms with Crippen LogP contribution in [-0.4, -0.2) is 46.2 Å². The van der Waals surface area contributed by atoms with E-state index in [1.54, 1.807) is 30.3 Å². The summed E-state index contributed by atoms with van der Waals surface area (Å²) in [7, 11) is -3.29. The van der Waals surface area contributed by atoms with Gasteiger partial charge in [-0.1, -0.05) is 54.1 Å². The molecular weight excluding hydrogens is 817 g/mol. The van der Waals surface area contributed by atoms with Gasteiger partial charge in [-0.25, -0.2) is 22.8 Å². The quantitative estimate of drug-likeness (QED) is 0.118. The molecule has 1 saturated carbocycles. The molecule has 0 bridgehead atoms. The predicted molar refractivity (Wildman–Crippen MR) is 242 cm³/mol. The van der Waals surface area contributed by atoms with Gasteiger partial charge in [0.2, 0.25) is 33.0 Å². The molecular formula is C48H52N8O6S. The van der Waals surface area contributed by atoms with Crippen LogP contribution >= 0.6 is 0 Å². The fraction of sp³-hybridized carbons (Fsp3) is 0.375. The molecule has 14 nitrogen and oxygen atoms in total.